The van der Waals surface area contributed by atoms with E-state index in [1.165, 1.54) is 5.56 Å². The predicted octanol–water partition coefficient (Wildman–Crippen LogP) is 2.89. The van der Waals surface area contributed by atoms with Crippen molar-refractivity contribution in [3.63, 3.8) is 0 Å². The number of aliphatic imine (C=N–C) groups is 1. The Balaban J connectivity index is 2.99. The molecule has 1 nitrogen and oxygen atoms in total. The highest BCUT2D eigenvalue weighted by Crippen LogP contribution is 2.10. The third-order valence-corrected chi connectivity index (χ3v) is 2.13. The molecule has 0 aromatic heterocycles. The highest BCUT2D eigenvalue weighted by molar-refractivity contribution is 9.10. The summed E-state index contributed by atoms with van der Waals surface area (Å²) in [5.74, 6) is 0. The molecule has 0 saturated carbocycles. The molecule has 0 unspecified atom stereocenters. The Morgan fingerprint density at radius 1 is 1.27 bits per heavy atom. The number of rotatable bonds is 1. The lowest BCUT2D eigenvalue weighted by atomic mass is 10.1. The van der Waals surface area contributed by atoms with Crippen LogP contribution in [0.4, 0.5) is 0 Å². The zero-order valence-corrected chi connectivity index (χ0v) is 8.22. The van der Waals surface area contributed by atoms with Gasteiger partial charge in [-0.3, -0.25) is 4.99 Å². The molecule has 0 spiro atoms. The van der Waals surface area contributed by atoms with E-state index in [4.69, 9.17) is 0 Å². The first kappa shape index (κ1) is 8.47. The Morgan fingerprint density at radius 2 is 1.82 bits per heavy atom. The highest BCUT2D eigenvalue weighted by Gasteiger charge is 1.93. The normalized spacial score (nSPS) is 11.7. The summed E-state index contributed by atoms with van der Waals surface area (Å²) in [6.07, 6.45) is 0. The summed E-state index contributed by atoms with van der Waals surface area (Å²) in [6.45, 7) is 2.00. The largest absolute Gasteiger partial charge is 0.293 e. The van der Waals surface area contributed by atoms with E-state index >= 15 is 0 Å². The van der Waals surface area contributed by atoms with E-state index in [0.717, 1.165) is 10.2 Å². The van der Waals surface area contributed by atoms with Crippen molar-refractivity contribution in [2.75, 3.05) is 7.05 Å². The maximum atomic E-state index is 4.09. The first-order valence-corrected chi connectivity index (χ1v) is 4.22. The molecule has 58 valence electrons. The molecule has 2 heteroatoms. The molecule has 0 amide bonds. The van der Waals surface area contributed by atoms with Crippen LogP contribution in [-0.2, 0) is 0 Å². The molecule has 0 N–H and O–H groups in total. The van der Waals surface area contributed by atoms with Gasteiger partial charge in [0.1, 0.15) is 0 Å². The lowest BCUT2D eigenvalue weighted by molar-refractivity contribution is 1.41. The Kier molecular flexibility index (Phi) is 2.83. The van der Waals surface area contributed by atoms with Gasteiger partial charge < -0.3 is 0 Å². The minimum Gasteiger partial charge on any atom is -0.293 e. The Bertz CT molecular complexity index is 261. The second kappa shape index (κ2) is 3.67. The van der Waals surface area contributed by atoms with Crippen LogP contribution in [0.15, 0.2) is 33.7 Å². The number of benzene rings is 1. The molecule has 0 saturated heterocycles. The van der Waals surface area contributed by atoms with Crippen molar-refractivity contribution in [2.45, 2.75) is 6.92 Å². The molecule has 0 radical (unpaired) electrons. The summed E-state index contributed by atoms with van der Waals surface area (Å²) >= 11 is 3.38. The van der Waals surface area contributed by atoms with Crippen LogP contribution in [0.1, 0.15) is 12.5 Å². The SMILES string of the molecule is C/N=C(\C)c1ccc(Br)cc1. The topological polar surface area (TPSA) is 12.4 Å². The molecule has 0 aliphatic heterocycles. The van der Waals surface area contributed by atoms with Gasteiger partial charge in [0, 0.05) is 17.2 Å². The van der Waals surface area contributed by atoms with E-state index in [2.05, 4.69) is 20.9 Å². The van der Waals surface area contributed by atoms with Crippen molar-refractivity contribution in [1.82, 2.24) is 0 Å². The first-order chi connectivity index (χ1) is 5.24. The second-order valence-corrected chi connectivity index (χ2v) is 3.23. The molecule has 0 atom stereocenters. The van der Waals surface area contributed by atoms with Crippen LogP contribution in [0.25, 0.3) is 0 Å². The van der Waals surface area contributed by atoms with Crippen LogP contribution >= 0.6 is 15.9 Å². The van der Waals surface area contributed by atoms with Gasteiger partial charge in [-0.15, -0.1) is 0 Å². The average molecular weight is 212 g/mol. The van der Waals surface area contributed by atoms with Crippen LogP contribution in [0, 0.1) is 0 Å². The molecule has 0 fully saturated rings. The van der Waals surface area contributed by atoms with Crippen molar-refractivity contribution in [1.29, 1.82) is 0 Å². The zero-order valence-electron chi connectivity index (χ0n) is 6.63. The number of hydrogen-bond donors (Lipinski definition) is 0. The first-order valence-electron chi connectivity index (χ1n) is 3.43. The lowest BCUT2D eigenvalue weighted by Gasteiger charge is -1.98. The molecule has 1 aromatic rings. The minimum absolute atomic E-state index is 1.07. The van der Waals surface area contributed by atoms with Crippen molar-refractivity contribution in [3.05, 3.63) is 34.3 Å². The molecule has 0 bridgehead atoms. The maximum Gasteiger partial charge on any atom is 0.0386 e. The van der Waals surface area contributed by atoms with E-state index < -0.39 is 0 Å². The number of halogens is 1. The van der Waals surface area contributed by atoms with Gasteiger partial charge in [0.15, 0.2) is 0 Å². The second-order valence-electron chi connectivity index (χ2n) is 2.32. The van der Waals surface area contributed by atoms with E-state index in [1.54, 1.807) is 7.05 Å². The van der Waals surface area contributed by atoms with Gasteiger partial charge in [-0.25, -0.2) is 0 Å². The fourth-order valence-corrected chi connectivity index (χ4v) is 1.08. The van der Waals surface area contributed by atoms with Crippen LogP contribution < -0.4 is 0 Å². The summed E-state index contributed by atoms with van der Waals surface area (Å²) in [6, 6.07) is 8.13. The summed E-state index contributed by atoms with van der Waals surface area (Å²) < 4.78 is 1.10. The zero-order chi connectivity index (χ0) is 8.27. The van der Waals surface area contributed by atoms with E-state index in [9.17, 15) is 0 Å². The van der Waals surface area contributed by atoms with Crippen molar-refractivity contribution < 1.29 is 0 Å². The van der Waals surface area contributed by atoms with Crippen LogP contribution in [-0.4, -0.2) is 12.8 Å². The summed E-state index contributed by atoms with van der Waals surface area (Å²) in [7, 11) is 1.80. The molecule has 0 aliphatic rings. The Labute approximate surface area is 75.3 Å². The summed E-state index contributed by atoms with van der Waals surface area (Å²) in [4.78, 5) is 4.09. The van der Waals surface area contributed by atoms with Crippen molar-refractivity contribution in [2.24, 2.45) is 4.99 Å². The van der Waals surface area contributed by atoms with Gasteiger partial charge in [-0.1, -0.05) is 28.1 Å². The third kappa shape index (κ3) is 2.15. The summed E-state index contributed by atoms with van der Waals surface area (Å²) in [5, 5.41) is 0. The third-order valence-electron chi connectivity index (χ3n) is 1.60. The maximum absolute atomic E-state index is 4.09. The van der Waals surface area contributed by atoms with E-state index in [0.29, 0.717) is 0 Å². The number of nitrogens with zero attached hydrogens (tertiary/aromatic N) is 1. The molecule has 0 aliphatic carbocycles. The minimum atomic E-state index is 1.07. The van der Waals surface area contributed by atoms with Gasteiger partial charge in [0.2, 0.25) is 0 Å². The molecular formula is C9H10BrN. The highest BCUT2D eigenvalue weighted by atomic mass is 79.9. The standard InChI is InChI=1S/C9H10BrN/c1-7(11-2)8-3-5-9(10)6-4-8/h3-6H,1-2H3/b11-7+. The van der Waals surface area contributed by atoms with E-state index in [1.807, 2.05) is 31.2 Å². The fourth-order valence-electron chi connectivity index (χ4n) is 0.820. The van der Waals surface area contributed by atoms with Gasteiger partial charge in [-0.2, -0.15) is 0 Å². The smallest absolute Gasteiger partial charge is 0.0386 e. The average Bonchev–Trinajstić information content (AvgIpc) is 2.05. The Hall–Kier alpha value is -0.630. The molecular weight excluding hydrogens is 202 g/mol. The van der Waals surface area contributed by atoms with Crippen LogP contribution in [0.5, 0.6) is 0 Å². The van der Waals surface area contributed by atoms with Gasteiger partial charge in [0.05, 0.1) is 0 Å². The van der Waals surface area contributed by atoms with Gasteiger partial charge in [-0.05, 0) is 24.6 Å². The fraction of sp³-hybridized carbons (Fsp3) is 0.222. The molecule has 1 aromatic carbocycles. The lowest BCUT2D eigenvalue weighted by Crippen LogP contribution is -1.92. The van der Waals surface area contributed by atoms with Gasteiger partial charge >= 0.3 is 0 Å². The monoisotopic (exact) mass is 211 g/mol. The van der Waals surface area contributed by atoms with Crippen molar-refractivity contribution >= 4 is 21.6 Å². The Morgan fingerprint density at radius 3 is 2.27 bits per heavy atom. The molecule has 1 rings (SSSR count). The molecule has 0 heterocycles. The molecule has 11 heavy (non-hydrogen) atoms. The number of hydrogen-bond acceptors (Lipinski definition) is 1. The quantitative estimate of drug-likeness (QED) is 0.634. The van der Waals surface area contributed by atoms with Crippen LogP contribution in [0.3, 0.4) is 0 Å². The van der Waals surface area contributed by atoms with Crippen molar-refractivity contribution in [3.8, 4) is 0 Å². The predicted molar refractivity (Wildman–Crippen MR) is 52.3 cm³/mol. The van der Waals surface area contributed by atoms with E-state index in [-0.39, 0.29) is 0 Å². The van der Waals surface area contributed by atoms with Gasteiger partial charge in [0.25, 0.3) is 0 Å². The summed E-state index contributed by atoms with van der Waals surface area (Å²) in [5.41, 5.74) is 2.24. The van der Waals surface area contributed by atoms with Crippen LogP contribution in [0.2, 0.25) is 0 Å².